The zero-order chi connectivity index (χ0) is 10.2. The third-order valence-electron chi connectivity index (χ3n) is 2.94. The van der Waals surface area contributed by atoms with Crippen molar-refractivity contribution in [2.75, 3.05) is 6.54 Å². The maximum atomic E-state index is 4.66. The van der Waals surface area contributed by atoms with E-state index in [1.54, 1.807) is 0 Å². The molecule has 0 spiro atoms. The first-order chi connectivity index (χ1) is 6.63. The fourth-order valence-corrected chi connectivity index (χ4v) is 2.84. The van der Waals surface area contributed by atoms with E-state index >= 15 is 0 Å². The molecule has 0 saturated heterocycles. The Morgan fingerprint density at radius 3 is 2.93 bits per heavy atom. The van der Waals surface area contributed by atoms with Gasteiger partial charge in [-0.3, -0.25) is 0 Å². The molecule has 2 rings (SSSR count). The number of rotatable bonds is 4. The summed E-state index contributed by atoms with van der Waals surface area (Å²) in [5.41, 5.74) is 1.71. The summed E-state index contributed by atoms with van der Waals surface area (Å²) in [6, 6.07) is 0. The summed E-state index contributed by atoms with van der Waals surface area (Å²) < 4.78 is 0. The second-order valence-corrected chi connectivity index (χ2v) is 5.59. The van der Waals surface area contributed by atoms with Gasteiger partial charge in [0.05, 0.1) is 10.7 Å². The number of aromatic nitrogens is 1. The first-order valence-electron chi connectivity index (χ1n) is 5.28. The van der Waals surface area contributed by atoms with Gasteiger partial charge < -0.3 is 5.32 Å². The molecule has 1 fully saturated rings. The highest BCUT2D eigenvalue weighted by Gasteiger charge is 2.48. The fourth-order valence-electron chi connectivity index (χ4n) is 1.71. The first kappa shape index (κ1) is 10.1. The van der Waals surface area contributed by atoms with Crippen LogP contribution in [0.15, 0.2) is 5.38 Å². The molecule has 1 atom stereocenters. The van der Waals surface area contributed by atoms with Crippen LogP contribution in [0, 0.1) is 5.41 Å². The van der Waals surface area contributed by atoms with Gasteiger partial charge in [-0.2, -0.15) is 0 Å². The van der Waals surface area contributed by atoms with Crippen LogP contribution in [0.4, 0.5) is 0 Å². The van der Waals surface area contributed by atoms with Crippen LogP contribution in [0.3, 0.4) is 0 Å². The lowest BCUT2D eigenvalue weighted by Crippen LogP contribution is -2.11. The van der Waals surface area contributed by atoms with E-state index < -0.39 is 0 Å². The minimum atomic E-state index is 0.507. The van der Waals surface area contributed by atoms with Crippen molar-refractivity contribution in [2.24, 2.45) is 5.41 Å². The van der Waals surface area contributed by atoms with Crippen molar-refractivity contribution in [2.45, 2.75) is 39.7 Å². The largest absolute Gasteiger partial charge is 0.311 e. The lowest BCUT2D eigenvalue weighted by Gasteiger charge is -1.98. The molecular weight excluding hydrogens is 192 g/mol. The van der Waals surface area contributed by atoms with Crippen LogP contribution < -0.4 is 5.32 Å². The number of thiazole rings is 1. The normalized spacial score (nSPS) is 23.8. The zero-order valence-corrected chi connectivity index (χ0v) is 9.95. The maximum absolute atomic E-state index is 4.66. The molecule has 1 aliphatic rings. The van der Waals surface area contributed by atoms with Crippen molar-refractivity contribution >= 4 is 11.3 Å². The highest BCUT2D eigenvalue weighted by molar-refractivity contribution is 7.09. The molecule has 0 radical (unpaired) electrons. The van der Waals surface area contributed by atoms with E-state index in [0.29, 0.717) is 5.41 Å². The van der Waals surface area contributed by atoms with E-state index in [0.717, 1.165) is 19.0 Å². The van der Waals surface area contributed by atoms with Crippen molar-refractivity contribution in [3.05, 3.63) is 16.1 Å². The van der Waals surface area contributed by atoms with Gasteiger partial charge in [-0.1, -0.05) is 20.8 Å². The molecule has 1 N–H and O–H groups in total. The van der Waals surface area contributed by atoms with E-state index in [-0.39, 0.29) is 0 Å². The monoisotopic (exact) mass is 210 g/mol. The van der Waals surface area contributed by atoms with Gasteiger partial charge in [-0.05, 0) is 18.4 Å². The summed E-state index contributed by atoms with van der Waals surface area (Å²) in [5.74, 6) is 0.725. The molecule has 14 heavy (non-hydrogen) atoms. The van der Waals surface area contributed by atoms with Crippen molar-refractivity contribution < 1.29 is 0 Å². The van der Waals surface area contributed by atoms with Gasteiger partial charge in [-0.15, -0.1) is 11.3 Å². The molecule has 78 valence electrons. The lowest BCUT2D eigenvalue weighted by atomic mass is 10.1. The van der Waals surface area contributed by atoms with Crippen molar-refractivity contribution in [3.63, 3.8) is 0 Å². The van der Waals surface area contributed by atoms with Crippen LogP contribution in [-0.2, 0) is 6.54 Å². The highest BCUT2D eigenvalue weighted by Crippen LogP contribution is 2.59. The van der Waals surface area contributed by atoms with Crippen LogP contribution in [0.1, 0.15) is 43.8 Å². The molecule has 2 nitrogen and oxygen atoms in total. The van der Waals surface area contributed by atoms with Gasteiger partial charge in [0, 0.05) is 17.8 Å². The number of nitrogens with zero attached hydrogens (tertiary/aromatic N) is 1. The third kappa shape index (κ3) is 1.98. The van der Waals surface area contributed by atoms with Crippen LogP contribution in [0.2, 0.25) is 0 Å². The molecule has 1 saturated carbocycles. The molecule has 0 aromatic carbocycles. The van der Waals surface area contributed by atoms with Crippen molar-refractivity contribution in [1.29, 1.82) is 0 Å². The van der Waals surface area contributed by atoms with Crippen molar-refractivity contribution in [1.82, 2.24) is 10.3 Å². The Morgan fingerprint density at radius 2 is 2.36 bits per heavy atom. The molecule has 0 amide bonds. The van der Waals surface area contributed by atoms with Crippen LogP contribution in [0.5, 0.6) is 0 Å². The van der Waals surface area contributed by atoms with Crippen LogP contribution >= 0.6 is 11.3 Å². The van der Waals surface area contributed by atoms with Crippen LogP contribution in [0.25, 0.3) is 0 Å². The summed E-state index contributed by atoms with van der Waals surface area (Å²) in [6.07, 6.45) is 1.31. The average Bonchev–Trinajstić information content (AvgIpc) is 2.63. The minimum Gasteiger partial charge on any atom is -0.311 e. The SMILES string of the molecule is CCNCc1csc(C2CC2(C)C)n1. The fraction of sp³-hybridized carbons (Fsp3) is 0.727. The highest BCUT2D eigenvalue weighted by atomic mass is 32.1. The van der Waals surface area contributed by atoms with Gasteiger partial charge in [0.25, 0.3) is 0 Å². The number of nitrogens with one attached hydrogen (secondary N) is 1. The van der Waals surface area contributed by atoms with Crippen LogP contribution in [-0.4, -0.2) is 11.5 Å². The lowest BCUT2D eigenvalue weighted by molar-refractivity contribution is 0.618. The van der Waals surface area contributed by atoms with E-state index in [4.69, 9.17) is 0 Å². The van der Waals surface area contributed by atoms with Gasteiger partial charge in [0.2, 0.25) is 0 Å². The Morgan fingerprint density at radius 1 is 1.64 bits per heavy atom. The molecule has 1 unspecified atom stereocenters. The van der Waals surface area contributed by atoms with E-state index in [9.17, 15) is 0 Å². The van der Waals surface area contributed by atoms with Gasteiger partial charge in [0.1, 0.15) is 0 Å². The van der Waals surface area contributed by atoms with E-state index in [1.807, 2.05) is 11.3 Å². The predicted molar refractivity (Wildman–Crippen MR) is 60.6 cm³/mol. The topological polar surface area (TPSA) is 24.9 Å². The molecule has 1 aromatic heterocycles. The molecule has 3 heteroatoms. The third-order valence-corrected chi connectivity index (χ3v) is 3.94. The first-order valence-corrected chi connectivity index (χ1v) is 6.16. The number of hydrogen-bond donors (Lipinski definition) is 1. The second-order valence-electron chi connectivity index (χ2n) is 4.70. The second kappa shape index (κ2) is 3.63. The number of hydrogen-bond acceptors (Lipinski definition) is 3. The predicted octanol–water partition coefficient (Wildman–Crippen LogP) is 2.77. The Bertz CT molecular complexity index is 317. The smallest absolute Gasteiger partial charge is 0.0965 e. The molecule has 0 bridgehead atoms. The zero-order valence-electron chi connectivity index (χ0n) is 9.13. The van der Waals surface area contributed by atoms with Gasteiger partial charge >= 0.3 is 0 Å². The molecule has 0 aliphatic heterocycles. The molecule has 1 heterocycles. The van der Waals surface area contributed by atoms with Crippen molar-refractivity contribution in [3.8, 4) is 0 Å². The quantitative estimate of drug-likeness (QED) is 0.826. The Labute approximate surface area is 89.8 Å². The summed E-state index contributed by atoms with van der Waals surface area (Å²) in [4.78, 5) is 4.66. The Hall–Kier alpha value is -0.410. The average molecular weight is 210 g/mol. The summed E-state index contributed by atoms with van der Waals surface area (Å²) >= 11 is 1.82. The van der Waals surface area contributed by atoms with Gasteiger partial charge in [0.15, 0.2) is 0 Å². The minimum absolute atomic E-state index is 0.507. The Kier molecular flexibility index (Phi) is 2.62. The molecular formula is C11H18N2S. The summed E-state index contributed by atoms with van der Waals surface area (Å²) in [6.45, 7) is 8.70. The molecule has 1 aromatic rings. The summed E-state index contributed by atoms with van der Waals surface area (Å²) in [7, 11) is 0. The summed E-state index contributed by atoms with van der Waals surface area (Å²) in [5, 5.41) is 6.83. The molecule has 1 aliphatic carbocycles. The van der Waals surface area contributed by atoms with E-state index in [1.165, 1.54) is 17.1 Å². The van der Waals surface area contributed by atoms with Gasteiger partial charge in [-0.25, -0.2) is 4.98 Å². The maximum Gasteiger partial charge on any atom is 0.0965 e. The standard InChI is InChI=1S/C11H18N2S/c1-4-12-6-8-7-14-10(13-8)9-5-11(9,2)3/h7,9,12H,4-6H2,1-3H3. The van der Waals surface area contributed by atoms with E-state index in [2.05, 4.69) is 36.5 Å². The Balaban J connectivity index is 1.97.